The van der Waals surface area contributed by atoms with Crippen LogP contribution in [0.1, 0.15) is 16.1 Å². The Morgan fingerprint density at radius 3 is 2.95 bits per heavy atom. The van der Waals surface area contributed by atoms with E-state index in [2.05, 4.69) is 5.32 Å². The minimum atomic E-state index is -0.801. The van der Waals surface area contributed by atoms with Crippen LogP contribution in [-0.2, 0) is 4.74 Å². The number of fused-ring (bicyclic) bond motifs is 1. The number of aryl methyl sites for hydroxylation is 1. The Morgan fingerprint density at radius 2 is 2.30 bits per heavy atom. The number of halogens is 1. The summed E-state index contributed by atoms with van der Waals surface area (Å²) in [4.78, 5) is 12.0. The fraction of sp³-hybridized carbons (Fsp3) is 0.357. The summed E-state index contributed by atoms with van der Waals surface area (Å²) in [7, 11) is 1.46. The zero-order valence-electron chi connectivity index (χ0n) is 11.3. The third-order valence-corrected chi connectivity index (χ3v) is 2.98. The SMILES string of the molecule is COCC(O)CNC(=O)c1oc2c(F)cccc2c1C. The highest BCUT2D eigenvalue weighted by Gasteiger charge is 2.19. The number of nitrogens with one attached hydrogen (secondary N) is 1. The number of furan rings is 1. The summed E-state index contributed by atoms with van der Waals surface area (Å²) in [6.45, 7) is 1.84. The molecular weight excluding hydrogens is 265 g/mol. The molecule has 2 aromatic rings. The number of rotatable bonds is 5. The van der Waals surface area contributed by atoms with E-state index in [4.69, 9.17) is 9.15 Å². The van der Waals surface area contributed by atoms with Crippen LogP contribution in [0, 0.1) is 12.7 Å². The highest BCUT2D eigenvalue weighted by atomic mass is 19.1. The average Bonchev–Trinajstić information content (AvgIpc) is 2.76. The molecule has 2 N–H and O–H groups in total. The second-order valence-corrected chi connectivity index (χ2v) is 4.49. The number of aliphatic hydroxyl groups excluding tert-OH is 1. The van der Waals surface area contributed by atoms with Crippen LogP contribution in [0.5, 0.6) is 0 Å². The minimum Gasteiger partial charge on any atom is -0.448 e. The van der Waals surface area contributed by atoms with Gasteiger partial charge in [0.2, 0.25) is 0 Å². The van der Waals surface area contributed by atoms with E-state index < -0.39 is 17.8 Å². The molecule has 0 fully saturated rings. The summed E-state index contributed by atoms with van der Waals surface area (Å²) in [5.41, 5.74) is 0.630. The molecule has 1 aromatic carbocycles. The number of hydrogen-bond donors (Lipinski definition) is 2. The van der Waals surface area contributed by atoms with E-state index >= 15 is 0 Å². The summed E-state index contributed by atoms with van der Waals surface area (Å²) < 4.78 is 23.6. The smallest absolute Gasteiger partial charge is 0.287 e. The van der Waals surface area contributed by atoms with Crippen LogP contribution in [0.15, 0.2) is 22.6 Å². The van der Waals surface area contributed by atoms with Gasteiger partial charge >= 0.3 is 0 Å². The lowest BCUT2D eigenvalue weighted by molar-refractivity contribution is 0.0603. The van der Waals surface area contributed by atoms with Gasteiger partial charge in [0.15, 0.2) is 17.2 Å². The first-order valence-electron chi connectivity index (χ1n) is 6.17. The van der Waals surface area contributed by atoms with Gasteiger partial charge in [0.25, 0.3) is 5.91 Å². The van der Waals surface area contributed by atoms with Crippen molar-refractivity contribution in [1.82, 2.24) is 5.32 Å². The number of carbonyl (C=O) groups excluding carboxylic acids is 1. The van der Waals surface area contributed by atoms with Crippen LogP contribution in [0.2, 0.25) is 0 Å². The van der Waals surface area contributed by atoms with Crippen LogP contribution in [-0.4, -0.2) is 37.4 Å². The zero-order chi connectivity index (χ0) is 14.7. The Morgan fingerprint density at radius 1 is 1.55 bits per heavy atom. The third-order valence-electron chi connectivity index (χ3n) is 2.98. The standard InChI is InChI=1S/C14H16FNO4/c1-8-10-4-3-5-11(15)13(10)20-12(8)14(18)16-6-9(17)7-19-2/h3-5,9,17H,6-7H2,1-2H3,(H,16,18). The van der Waals surface area contributed by atoms with Gasteiger partial charge in [0.05, 0.1) is 12.7 Å². The number of methoxy groups -OCH3 is 1. The Hall–Kier alpha value is -1.92. The fourth-order valence-corrected chi connectivity index (χ4v) is 1.97. The van der Waals surface area contributed by atoms with Crippen LogP contribution >= 0.6 is 0 Å². The summed E-state index contributed by atoms with van der Waals surface area (Å²) >= 11 is 0. The predicted octanol–water partition coefficient (Wildman–Crippen LogP) is 1.62. The molecule has 1 atom stereocenters. The second kappa shape index (κ2) is 6.02. The van der Waals surface area contributed by atoms with Gasteiger partial charge in [-0.1, -0.05) is 12.1 Å². The van der Waals surface area contributed by atoms with Crippen molar-refractivity contribution in [3.05, 3.63) is 35.3 Å². The Bertz CT molecular complexity index is 623. The molecule has 0 spiro atoms. The lowest BCUT2D eigenvalue weighted by Crippen LogP contribution is -2.34. The van der Waals surface area contributed by atoms with Crippen molar-refractivity contribution in [2.75, 3.05) is 20.3 Å². The molecule has 0 saturated carbocycles. The van der Waals surface area contributed by atoms with Crippen LogP contribution in [0.4, 0.5) is 4.39 Å². The Kier molecular flexibility index (Phi) is 4.36. The van der Waals surface area contributed by atoms with Crippen molar-refractivity contribution in [3.63, 3.8) is 0 Å². The van der Waals surface area contributed by atoms with E-state index in [0.717, 1.165) is 0 Å². The number of hydrogen-bond acceptors (Lipinski definition) is 4. The van der Waals surface area contributed by atoms with Crippen LogP contribution < -0.4 is 5.32 Å². The highest BCUT2D eigenvalue weighted by Crippen LogP contribution is 2.27. The van der Waals surface area contributed by atoms with Gasteiger partial charge in [-0.25, -0.2) is 4.39 Å². The van der Waals surface area contributed by atoms with Gasteiger partial charge in [-0.2, -0.15) is 0 Å². The predicted molar refractivity (Wildman–Crippen MR) is 71.1 cm³/mol. The molecule has 0 bridgehead atoms. The first kappa shape index (κ1) is 14.5. The number of amides is 1. The molecule has 5 nitrogen and oxygen atoms in total. The lowest BCUT2D eigenvalue weighted by atomic mass is 10.1. The second-order valence-electron chi connectivity index (χ2n) is 4.49. The molecular formula is C14H16FNO4. The molecule has 20 heavy (non-hydrogen) atoms. The molecule has 1 heterocycles. The first-order chi connectivity index (χ1) is 9.54. The topological polar surface area (TPSA) is 71.7 Å². The van der Waals surface area contributed by atoms with Crippen molar-refractivity contribution in [1.29, 1.82) is 0 Å². The molecule has 1 aromatic heterocycles. The quantitative estimate of drug-likeness (QED) is 0.873. The van der Waals surface area contributed by atoms with Crippen molar-refractivity contribution >= 4 is 16.9 Å². The van der Waals surface area contributed by atoms with E-state index in [1.807, 2.05) is 0 Å². The largest absolute Gasteiger partial charge is 0.448 e. The van der Waals surface area contributed by atoms with E-state index in [0.29, 0.717) is 10.9 Å². The van der Waals surface area contributed by atoms with Gasteiger partial charge in [-0.3, -0.25) is 4.79 Å². The molecule has 0 aliphatic rings. The number of carbonyl (C=O) groups is 1. The molecule has 2 rings (SSSR count). The number of para-hydroxylation sites is 1. The Labute approximate surface area is 115 Å². The highest BCUT2D eigenvalue weighted by molar-refractivity contribution is 5.99. The lowest BCUT2D eigenvalue weighted by Gasteiger charge is -2.09. The maximum Gasteiger partial charge on any atom is 0.287 e. The molecule has 0 aliphatic heterocycles. The van der Waals surface area contributed by atoms with Gasteiger partial charge in [-0.05, 0) is 13.0 Å². The van der Waals surface area contributed by atoms with Crippen LogP contribution in [0.25, 0.3) is 11.0 Å². The summed E-state index contributed by atoms with van der Waals surface area (Å²) in [5, 5.41) is 12.6. The maximum absolute atomic E-state index is 13.6. The molecule has 6 heteroatoms. The molecule has 1 unspecified atom stereocenters. The third kappa shape index (κ3) is 2.81. The van der Waals surface area contributed by atoms with Gasteiger partial charge < -0.3 is 19.6 Å². The molecule has 108 valence electrons. The maximum atomic E-state index is 13.6. The Balaban J connectivity index is 2.18. The van der Waals surface area contributed by atoms with Gasteiger partial charge in [0, 0.05) is 24.6 Å². The zero-order valence-corrected chi connectivity index (χ0v) is 11.3. The van der Waals surface area contributed by atoms with Crippen molar-refractivity contribution < 1.29 is 23.4 Å². The molecule has 0 saturated heterocycles. The minimum absolute atomic E-state index is 0.0334. The number of benzene rings is 1. The van der Waals surface area contributed by atoms with Crippen molar-refractivity contribution in [3.8, 4) is 0 Å². The normalized spacial score (nSPS) is 12.6. The molecule has 0 aliphatic carbocycles. The van der Waals surface area contributed by atoms with Gasteiger partial charge in [0.1, 0.15) is 0 Å². The van der Waals surface area contributed by atoms with Gasteiger partial charge in [-0.15, -0.1) is 0 Å². The average molecular weight is 281 g/mol. The monoisotopic (exact) mass is 281 g/mol. The summed E-state index contributed by atoms with van der Waals surface area (Å²) in [6.07, 6.45) is -0.801. The van der Waals surface area contributed by atoms with Crippen LogP contribution in [0.3, 0.4) is 0 Å². The van der Waals surface area contributed by atoms with E-state index in [-0.39, 0.29) is 24.5 Å². The number of ether oxygens (including phenoxy) is 1. The summed E-state index contributed by atoms with van der Waals surface area (Å²) in [6, 6.07) is 4.52. The molecule has 0 radical (unpaired) electrons. The summed E-state index contributed by atoms with van der Waals surface area (Å²) in [5.74, 6) is -0.952. The van der Waals surface area contributed by atoms with E-state index in [1.54, 1.807) is 19.1 Å². The number of aliphatic hydroxyl groups is 1. The fourth-order valence-electron chi connectivity index (χ4n) is 1.97. The molecule has 1 amide bonds. The van der Waals surface area contributed by atoms with Crippen molar-refractivity contribution in [2.45, 2.75) is 13.0 Å². The first-order valence-corrected chi connectivity index (χ1v) is 6.17. The van der Waals surface area contributed by atoms with E-state index in [9.17, 15) is 14.3 Å². The van der Waals surface area contributed by atoms with E-state index in [1.165, 1.54) is 13.2 Å². The van der Waals surface area contributed by atoms with Crippen molar-refractivity contribution in [2.24, 2.45) is 0 Å².